The van der Waals surface area contributed by atoms with Crippen molar-refractivity contribution in [2.45, 2.75) is 19.8 Å². The average molecular weight is 421 g/mol. The second-order valence-electron chi connectivity index (χ2n) is 8.08. The van der Waals surface area contributed by atoms with Gasteiger partial charge in [0.1, 0.15) is 0 Å². The lowest BCUT2D eigenvalue weighted by atomic mass is 9.91. The summed E-state index contributed by atoms with van der Waals surface area (Å²) in [4.78, 5) is 29.7. The Balaban J connectivity index is 1.88. The SMILES string of the molecule is C=CCN1CCN(C(=O)CCOC)CC(Cc2ccccc2-c2ccc(C)cc2)C1=O. The molecule has 31 heavy (non-hydrogen) atoms. The summed E-state index contributed by atoms with van der Waals surface area (Å²) in [5, 5.41) is 0. The molecule has 1 unspecified atom stereocenters. The highest BCUT2D eigenvalue weighted by Crippen LogP contribution is 2.27. The summed E-state index contributed by atoms with van der Waals surface area (Å²) in [5.74, 6) is -0.173. The molecule has 0 N–H and O–H groups in total. The van der Waals surface area contributed by atoms with Gasteiger partial charge >= 0.3 is 0 Å². The Labute approximate surface area is 185 Å². The summed E-state index contributed by atoms with van der Waals surface area (Å²) in [7, 11) is 1.59. The molecule has 0 aromatic heterocycles. The predicted molar refractivity (Wildman–Crippen MR) is 124 cm³/mol. The molecule has 1 saturated heterocycles. The number of ether oxygens (including phenoxy) is 1. The first-order chi connectivity index (χ1) is 15.0. The number of hydrogen-bond donors (Lipinski definition) is 0. The molecule has 0 aliphatic carbocycles. The zero-order valence-corrected chi connectivity index (χ0v) is 18.5. The number of nitrogens with zero attached hydrogens (tertiary/aromatic N) is 2. The van der Waals surface area contributed by atoms with Crippen LogP contribution in [0.3, 0.4) is 0 Å². The van der Waals surface area contributed by atoms with E-state index in [1.807, 2.05) is 21.9 Å². The molecule has 1 aliphatic heterocycles. The van der Waals surface area contributed by atoms with Gasteiger partial charge < -0.3 is 14.5 Å². The van der Waals surface area contributed by atoms with Gasteiger partial charge in [-0.15, -0.1) is 6.58 Å². The summed E-state index contributed by atoms with van der Waals surface area (Å²) in [5.41, 5.74) is 4.60. The molecule has 5 nitrogen and oxygen atoms in total. The first kappa shape index (κ1) is 22.8. The number of amides is 2. The summed E-state index contributed by atoms with van der Waals surface area (Å²) in [6.45, 7) is 8.25. The third kappa shape index (κ3) is 5.82. The molecule has 0 radical (unpaired) electrons. The lowest BCUT2D eigenvalue weighted by molar-refractivity contribution is -0.134. The van der Waals surface area contributed by atoms with Crippen LogP contribution >= 0.6 is 0 Å². The second kappa shape index (κ2) is 10.9. The molecule has 0 spiro atoms. The van der Waals surface area contributed by atoms with Gasteiger partial charge in [-0.1, -0.05) is 60.2 Å². The van der Waals surface area contributed by atoms with E-state index < -0.39 is 0 Å². The normalized spacial score (nSPS) is 16.8. The van der Waals surface area contributed by atoms with Crippen molar-refractivity contribution in [3.63, 3.8) is 0 Å². The van der Waals surface area contributed by atoms with E-state index >= 15 is 0 Å². The fourth-order valence-electron chi connectivity index (χ4n) is 4.09. The molecule has 1 atom stereocenters. The molecule has 2 aromatic carbocycles. The third-order valence-electron chi connectivity index (χ3n) is 5.81. The van der Waals surface area contributed by atoms with Crippen molar-refractivity contribution in [2.24, 2.45) is 5.92 Å². The molecule has 1 fully saturated rings. The maximum Gasteiger partial charge on any atom is 0.228 e. The average Bonchev–Trinajstić information content (AvgIpc) is 2.93. The van der Waals surface area contributed by atoms with Crippen LogP contribution in [0.1, 0.15) is 17.5 Å². The zero-order valence-electron chi connectivity index (χ0n) is 18.5. The van der Waals surface area contributed by atoms with Crippen LogP contribution in [0, 0.1) is 12.8 Å². The van der Waals surface area contributed by atoms with Crippen molar-refractivity contribution in [1.82, 2.24) is 9.80 Å². The largest absolute Gasteiger partial charge is 0.384 e. The van der Waals surface area contributed by atoms with Gasteiger partial charge in [-0.2, -0.15) is 0 Å². The van der Waals surface area contributed by atoms with Crippen LogP contribution in [0.15, 0.2) is 61.2 Å². The van der Waals surface area contributed by atoms with Gasteiger partial charge in [0.15, 0.2) is 0 Å². The lowest BCUT2D eigenvalue weighted by Crippen LogP contribution is -2.38. The summed E-state index contributed by atoms with van der Waals surface area (Å²) in [6.07, 6.45) is 2.67. The van der Waals surface area contributed by atoms with Gasteiger partial charge in [-0.05, 0) is 30.0 Å². The number of hydrogen-bond acceptors (Lipinski definition) is 3. The lowest BCUT2D eigenvalue weighted by Gasteiger charge is -2.24. The van der Waals surface area contributed by atoms with E-state index in [4.69, 9.17) is 4.74 Å². The maximum atomic E-state index is 13.3. The number of carbonyl (C=O) groups is 2. The number of methoxy groups -OCH3 is 1. The summed E-state index contributed by atoms with van der Waals surface area (Å²) < 4.78 is 5.07. The predicted octanol–water partition coefficient (Wildman–Crippen LogP) is 3.71. The standard InChI is InChI=1S/C26H32N2O3/c1-4-14-27-15-16-28(25(29)13-17-31-3)19-23(26(27)30)18-22-7-5-6-8-24(22)21-11-9-20(2)10-12-21/h4-12,23H,1,13-19H2,2-3H3. The minimum atomic E-state index is -0.291. The molecule has 1 heterocycles. The Hall–Kier alpha value is -2.92. The Morgan fingerprint density at radius 3 is 2.61 bits per heavy atom. The molecule has 164 valence electrons. The van der Waals surface area contributed by atoms with Crippen molar-refractivity contribution >= 4 is 11.8 Å². The smallest absolute Gasteiger partial charge is 0.228 e. The van der Waals surface area contributed by atoms with Crippen molar-refractivity contribution in [2.75, 3.05) is 39.9 Å². The van der Waals surface area contributed by atoms with Crippen LogP contribution in [-0.2, 0) is 20.7 Å². The monoisotopic (exact) mass is 420 g/mol. The van der Waals surface area contributed by atoms with Crippen LogP contribution < -0.4 is 0 Å². The van der Waals surface area contributed by atoms with E-state index in [1.165, 1.54) is 5.56 Å². The molecule has 1 aliphatic rings. The van der Waals surface area contributed by atoms with E-state index in [9.17, 15) is 9.59 Å². The Morgan fingerprint density at radius 1 is 1.16 bits per heavy atom. The minimum absolute atomic E-state index is 0.0342. The zero-order chi connectivity index (χ0) is 22.2. The molecule has 0 saturated carbocycles. The summed E-state index contributed by atoms with van der Waals surface area (Å²) in [6, 6.07) is 16.7. The van der Waals surface area contributed by atoms with Crippen LogP contribution in [0.2, 0.25) is 0 Å². The Bertz CT molecular complexity index is 907. The van der Waals surface area contributed by atoms with Crippen LogP contribution in [0.25, 0.3) is 11.1 Å². The van der Waals surface area contributed by atoms with Gasteiger partial charge in [0, 0.05) is 33.3 Å². The highest BCUT2D eigenvalue weighted by molar-refractivity contribution is 5.83. The van der Waals surface area contributed by atoms with Gasteiger partial charge in [-0.25, -0.2) is 0 Å². The fourth-order valence-corrected chi connectivity index (χ4v) is 4.09. The second-order valence-corrected chi connectivity index (χ2v) is 8.08. The first-order valence-corrected chi connectivity index (χ1v) is 10.8. The van der Waals surface area contributed by atoms with Crippen molar-refractivity contribution in [3.8, 4) is 11.1 Å². The first-order valence-electron chi connectivity index (χ1n) is 10.8. The number of carbonyl (C=O) groups excluding carboxylic acids is 2. The van der Waals surface area contributed by atoms with Crippen molar-refractivity contribution < 1.29 is 14.3 Å². The molecule has 5 heteroatoms. The fraction of sp³-hybridized carbons (Fsp3) is 0.385. The van der Waals surface area contributed by atoms with Crippen LogP contribution in [-0.4, -0.2) is 61.5 Å². The van der Waals surface area contributed by atoms with E-state index in [0.717, 1.165) is 16.7 Å². The van der Waals surface area contributed by atoms with Gasteiger partial charge in [0.05, 0.1) is 18.9 Å². The summed E-state index contributed by atoms with van der Waals surface area (Å²) >= 11 is 0. The number of rotatable bonds is 8. The maximum absolute atomic E-state index is 13.3. The quantitative estimate of drug-likeness (QED) is 0.612. The number of aryl methyl sites for hydroxylation is 1. The highest BCUT2D eigenvalue weighted by Gasteiger charge is 2.32. The van der Waals surface area contributed by atoms with Gasteiger partial charge in [0.2, 0.25) is 11.8 Å². The van der Waals surface area contributed by atoms with E-state index in [-0.39, 0.29) is 17.7 Å². The van der Waals surface area contributed by atoms with Crippen molar-refractivity contribution in [3.05, 3.63) is 72.3 Å². The number of benzene rings is 2. The molecule has 2 amide bonds. The molecule has 0 bridgehead atoms. The molecule has 3 rings (SSSR count). The van der Waals surface area contributed by atoms with Crippen LogP contribution in [0.5, 0.6) is 0 Å². The molecule has 2 aromatic rings. The molecular formula is C26H32N2O3. The Kier molecular flexibility index (Phi) is 8.01. The van der Waals surface area contributed by atoms with Crippen molar-refractivity contribution in [1.29, 1.82) is 0 Å². The van der Waals surface area contributed by atoms with Gasteiger partial charge in [-0.3, -0.25) is 9.59 Å². The third-order valence-corrected chi connectivity index (χ3v) is 5.81. The van der Waals surface area contributed by atoms with Gasteiger partial charge in [0.25, 0.3) is 0 Å². The van der Waals surface area contributed by atoms with E-state index in [2.05, 4.69) is 49.9 Å². The minimum Gasteiger partial charge on any atom is -0.384 e. The highest BCUT2D eigenvalue weighted by atomic mass is 16.5. The Morgan fingerprint density at radius 2 is 1.90 bits per heavy atom. The molecular weight excluding hydrogens is 388 g/mol. The van der Waals surface area contributed by atoms with E-state index in [0.29, 0.717) is 45.6 Å². The topological polar surface area (TPSA) is 49.9 Å². The van der Waals surface area contributed by atoms with Crippen LogP contribution in [0.4, 0.5) is 0 Å². The van der Waals surface area contributed by atoms with E-state index in [1.54, 1.807) is 13.2 Å².